The van der Waals surface area contributed by atoms with Crippen molar-refractivity contribution < 1.29 is 8.42 Å². The zero-order chi connectivity index (χ0) is 13.0. The van der Waals surface area contributed by atoms with Gasteiger partial charge >= 0.3 is 0 Å². The molecule has 0 spiro atoms. The summed E-state index contributed by atoms with van der Waals surface area (Å²) in [6, 6.07) is 7.36. The first-order valence-corrected chi connectivity index (χ1v) is 7.48. The van der Waals surface area contributed by atoms with Crippen LogP contribution in [0, 0.1) is 11.8 Å². The monoisotopic (exact) mass is 264 g/mol. The van der Waals surface area contributed by atoms with Crippen molar-refractivity contribution in [1.29, 1.82) is 0 Å². The maximum absolute atomic E-state index is 11.8. The topological polar surface area (TPSA) is 49.4 Å². The van der Waals surface area contributed by atoms with Crippen LogP contribution in [0.15, 0.2) is 24.3 Å². The zero-order valence-corrected chi connectivity index (χ0v) is 11.1. The Bertz CT molecular complexity index is 584. The maximum Gasteiger partial charge on any atom is 0.235 e. The molecule has 0 aliphatic carbocycles. The Kier molecular flexibility index (Phi) is 3.90. The van der Waals surface area contributed by atoms with E-state index in [-0.39, 0.29) is 5.75 Å². The zero-order valence-electron chi connectivity index (χ0n) is 10.3. The second-order valence-electron chi connectivity index (χ2n) is 4.12. The van der Waals surface area contributed by atoms with Gasteiger partial charge in [0.15, 0.2) is 0 Å². The molecule has 0 aromatic heterocycles. The fourth-order valence-electron chi connectivity index (χ4n) is 1.90. The standard InChI is InChI=1S/C13H16N2O2S/c1-14-8-3-6-12-5-2-7-13(11-12)15-9-4-10-18(15,16)17/h2,5,7,11,14H,4,8-10H2,1H3. The van der Waals surface area contributed by atoms with Crippen LogP contribution in [0.3, 0.4) is 0 Å². The van der Waals surface area contributed by atoms with Crippen LogP contribution in [0.5, 0.6) is 0 Å². The van der Waals surface area contributed by atoms with Crippen LogP contribution < -0.4 is 9.62 Å². The first kappa shape index (κ1) is 12.9. The third-order valence-corrected chi connectivity index (χ3v) is 4.60. The van der Waals surface area contributed by atoms with Crippen molar-refractivity contribution in [3.05, 3.63) is 29.8 Å². The molecule has 1 heterocycles. The largest absolute Gasteiger partial charge is 0.309 e. The van der Waals surface area contributed by atoms with Gasteiger partial charge in [0, 0.05) is 12.1 Å². The normalized spacial score (nSPS) is 17.3. The molecule has 0 radical (unpaired) electrons. The van der Waals surface area contributed by atoms with Crippen molar-refractivity contribution in [3.63, 3.8) is 0 Å². The fraction of sp³-hybridized carbons (Fsp3) is 0.385. The summed E-state index contributed by atoms with van der Waals surface area (Å²) in [7, 11) is -1.27. The number of anilines is 1. The Morgan fingerprint density at radius 1 is 1.44 bits per heavy atom. The molecular weight excluding hydrogens is 248 g/mol. The molecule has 0 amide bonds. The Morgan fingerprint density at radius 2 is 2.28 bits per heavy atom. The molecule has 1 aliphatic heterocycles. The smallest absolute Gasteiger partial charge is 0.235 e. The third-order valence-electron chi connectivity index (χ3n) is 2.73. The highest BCUT2D eigenvalue weighted by atomic mass is 32.2. The van der Waals surface area contributed by atoms with Gasteiger partial charge in [-0.3, -0.25) is 4.31 Å². The molecule has 0 saturated carbocycles. The second-order valence-corrected chi connectivity index (χ2v) is 6.14. The lowest BCUT2D eigenvalue weighted by atomic mass is 10.2. The van der Waals surface area contributed by atoms with Crippen molar-refractivity contribution in [1.82, 2.24) is 5.32 Å². The van der Waals surface area contributed by atoms with Crippen LogP contribution in [0.4, 0.5) is 5.69 Å². The number of nitrogens with one attached hydrogen (secondary N) is 1. The summed E-state index contributed by atoms with van der Waals surface area (Å²) < 4.78 is 25.1. The minimum atomic E-state index is -3.11. The molecule has 5 heteroatoms. The SMILES string of the molecule is CNCC#Cc1cccc(N2CCCS2(=O)=O)c1. The summed E-state index contributed by atoms with van der Waals surface area (Å²) >= 11 is 0. The lowest BCUT2D eigenvalue weighted by Gasteiger charge is -2.16. The molecule has 0 atom stereocenters. The molecule has 18 heavy (non-hydrogen) atoms. The second kappa shape index (κ2) is 5.42. The molecule has 96 valence electrons. The van der Waals surface area contributed by atoms with E-state index in [0.29, 0.717) is 25.2 Å². The summed E-state index contributed by atoms with van der Waals surface area (Å²) in [6.45, 7) is 1.18. The van der Waals surface area contributed by atoms with E-state index in [4.69, 9.17) is 0 Å². The highest BCUT2D eigenvalue weighted by Crippen LogP contribution is 2.24. The number of nitrogens with zero attached hydrogens (tertiary/aromatic N) is 1. The molecule has 4 nitrogen and oxygen atoms in total. The van der Waals surface area contributed by atoms with Gasteiger partial charge < -0.3 is 5.32 Å². The fourth-order valence-corrected chi connectivity index (χ4v) is 3.46. The third kappa shape index (κ3) is 2.84. The van der Waals surface area contributed by atoms with Crippen molar-refractivity contribution in [2.45, 2.75) is 6.42 Å². The molecule has 0 unspecified atom stereocenters. The lowest BCUT2D eigenvalue weighted by Crippen LogP contribution is -2.24. The quantitative estimate of drug-likeness (QED) is 0.804. The summed E-state index contributed by atoms with van der Waals surface area (Å²) in [5, 5.41) is 2.94. The van der Waals surface area contributed by atoms with E-state index < -0.39 is 10.0 Å². The molecule has 1 saturated heterocycles. The van der Waals surface area contributed by atoms with Crippen molar-refractivity contribution in [2.75, 3.05) is 30.2 Å². The number of hydrogen-bond donors (Lipinski definition) is 1. The summed E-state index contributed by atoms with van der Waals surface area (Å²) in [5.41, 5.74) is 1.55. The summed E-state index contributed by atoms with van der Waals surface area (Å²) in [6.07, 6.45) is 0.692. The average molecular weight is 264 g/mol. The van der Waals surface area contributed by atoms with Gasteiger partial charge in [0.2, 0.25) is 10.0 Å². The Morgan fingerprint density at radius 3 is 2.94 bits per heavy atom. The molecule has 1 aromatic carbocycles. The van der Waals surface area contributed by atoms with E-state index in [2.05, 4.69) is 17.2 Å². The number of rotatable bonds is 2. The number of benzene rings is 1. The molecule has 2 rings (SSSR count). The van der Waals surface area contributed by atoms with Crippen molar-refractivity contribution in [3.8, 4) is 11.8 Å². The van der Waals surface area contributed by atoms with Crippen LogP contribution in [-0.4, -0.2) is 34.3 Å². The van der Waals surface area contributed by atoms with Crippen LogP contribution in [-0.2, 0) is 10.0 Å². The van der Waals surface area contributed by atoms with E-state index in [1.54, 1.807) is 0 Å². The van der Waals surface area contributed by atoms with Gasteiger partial charge in [-0.15, -0.1) is 0 Å². The number of sulfonamides is 1. The Balaban J connectivity index is 2.26. The van der Waals surface area contributed by atoms with E-state index in [1.165, 1.54) is 4.31 Å². The van der Waals surface area contributed by atoms with Gasteiger partial charge in [0.25, 0.3) is 0 Å². The minimum Gasteiger partial charge on any atom is -0.309 e. The van der Waals surface area contributed by atoms with E-state index >= 15 is 0 Å². The maximum atomic E-state index is 11.8. The first-order chi connectivity index (χ1) is 8.63. The Labute approximate surface area is 108 Å². The van der Waals surface area contributed by atoms with Gasteiger partial charge in [-0.05, 0) is 31.7 Å². The molecule has 0 bridgehead atoms. The van der Waals surface area contributed by atoms with Crippen LogP contribution >= 0.6 is 0 Å². The predicted molar refractivity (Wildman–Crippen MR) is 73.0 cm³/mol. The summed E-state index contributed by atoms with van der Waals surface area (Å²) in [5.74, 6) is 6.20. The summed E-state index contributed by atoms with van der Waals surface area (Å²) in [4.78, 5) is 0. The molecular formula is C13H16N2O2S. The van der Waals surface area contributed by atoms with Gasteiger partial charge in [-0.1, -0.05) is 17.9 Å². The number of hydrogen-bond acceptors (Lipinski definition) is 3. The Hall–Kier alpha value is -1.51. The van der Waals surface area contributed by atoms with Crippen LogP contribution in [0.2, 0.25) is 0 Å². The minimum absolute atomic E-state index is 0.239. The van der Waals surface area contributed by atoms with E-state index in [1.807, 2.05) is 31.3 Å². The van der Waals surface area contributed by atoms with Crippen molar-refractivity contribution >= 4 is 15.7 Å². The van der Waals surface area contributed by atoms with E-state index in [0.717, 1.165) is 5.56 Å². The van der Waals surface area contributed by atoms with Gasteiger partial charge in [-0.2, -0.15) is 0 Å². The first-order valence-electron chi connectivity index (χ1n) is 5.87. The van der Waals surface area contributed by atoms with E-state index in [9.17, 15) is 8.42 Å². The molecule has 1 fully saturated rings. The average Bonchev–Trinajstić information content (AvgIpc) is 2.70. The highest BCUT2D eigenvalue weighted by molar-refractivity contribution is 7.93. The van der Waals surface area contributed by atoms with Gasteiger partial charge in [0.1, 0.15) is 0 Å². The molecule has 1 aliphatic rings. The van der Waals surface area contributed by atoms with Crippen molar-refractivity contribution in [2.24, 2.45) is 0 Å². The van der Waals surface area contributed by atoms with Gasteiger partial charge in [0.05, 0.1) is 18.0 Å². The molecule has 1 aromatic rings. The molecule has 1 N–H and O–H groups in total. The van der Waals surface area contributed by atoms with Crippen LogP contribution in [0.25, 0.3) is 0 Å². The van der Waals surface area contributed by atoms with Gasteiger partial charge in [-0.25, -0.2) is 8.42 Å². The predicted octanol–water partition coefficient (Wildman–Crippen LogP) is 0.797. The van der Waals surface area contributed by atoms with Crippen LogP contribution in [0.1, 0.15) is 12.0 Å². The lowest BCUT2D eigenvalue weighted by molar-refractivity contribution is 0.599. The highest BCUT2D eigenvalue weighted by Gasteiger charge is 2.28.